The standard InChI is InChI=1S/C20H38N4O6/c1-8-11(6)16(19(28)23-15(10(4)5)20(29)30)24-18(27)14(9(2)3)22-17(26)13(21)12(7)25/h9-16,25H,8,21H2,1-7H3,(H,22,26)(H,23,28)(H,24,27)(H,29,30). The molecular weight excluding hydrogens is 392 g/mol. The van der Waals surface area contributed by atoms with Gasteiger partial charge < -0.3 is 31.9 Å². The Labute approximate surface area is 178 Å². The lowest BCUT2D eigenvalue weighted by Crippen LogP contribution is -2.60. The van der Waals surface area contributed by atoms with Crippen LogP contribution >= 0.6 is 0 Å². The van der Waals surface area contributed by atoms with Gasteiger partial charge in [0.05, 0.1) is 6.10 Å². The SMILES string of the molecule is CCC(C)C(NC(=O)C(NC(=O)C(N)C(C)O)C(C)C)C(=O)NC(C(=O)O)C(C)C. The highest BCUT2D eigenvalue weighted by Crippen LogP contribution is 2.12. The summed E-state index contributed by atoms with van der Waals surface area (Å²) in [5, 5.41) is 26.5. The molecule has 0 aromatic carbocycles. The van der Waals surface area contributed by atoms with Crippen molar-refractivity contribution in [1.29, 1.82) is 0 Å². The van der Waals surface area contributed by atoms with Gasteiger partial charge in [0.2, 0.25) is 17.7 Å². The Bertz CT molecular complexity index is 608. The molecule has 0 rings (SSSR count). The summed E-state index contributed by atoms with van der Waals surface area (Å²) in [6.45, 7) is 11.8. The van der Waals surface area contributed by atoms with Crippen molar-refractivity contribution in [3.8, 4) is 0 Å². The first-order valence-corrected chi connectivity index (χ1v) is 10.3. The third kappa shape index (κ3) is 8.27. The fraction of sp³-hybridized carbons (Fsp3) is 0.800. The molecule has 0 aliphatic carbocycles. The average molecular weight is 431 g/mol. The Balaban J connectivity index is 5.51. The molecule has 0 radical (unpaired) electrons. The largest absolute Gasteiger partial charge is 0.480 e. The molecular formula is C20H38N4O6. The van der Waals surface area contributed by atoms with E-state index in [9.17, 15) is 29.4 Å². The second kappa shape index (κ2) is 12.5. The second-order valence-electron chi connectivity index (χ2n) is 8.44. The second-order valence-corrected chi connectivity index (χ2v) is 8.44. The molecule has 3 amide bonds. The molecule has 0 heterocycles. The molecule has 0 bridgehead atoms. The third-order valence-electron chi connectivity index (χ3n) is 5.09. The molecule has 0 fully saturated rings. The number of carbonyl (C=O) groups is 4. The fourth-order valence-electron chi connectivity index (χ4n) is 2.71. The van der Waals surface area contributed by atoms with Crippen LogP contribution in [-0.2, 0) is 19.2 Å². The quantitative estimate of drug-likeness (QED) is 0.244. The van der Waals surface area contributed by atoms with Gasteiger partial charge in [-0.25, -0.2) is 4.79 Å². The van der Waals surface area contributed by atoms with Crippen LogP contribution in [0.1, 0.15) is 54.9 Å². The van der Waals surface area contributed by atoms with Crippen LogP contribution in [0.15, 0.2) is 0 Å². The maximum absolute atomic E-state index is 12.9. The van der Waals surface area contributed by atoms with E-state index in [1.807, 2.05) is 6.92 Å². The van der Waals surface area contributed by atoms with Crippen molar-refractivity contribution >= 4 is 23.7 Å². The minimum atomic E-state index is -1.20. The Morgan fingerprint density at radius 1 is 0.767 bits per heavy atom. The lowest BCUT2D eigenvalue weighted by atomic mass is 9.95. The number of amides is 3. The minimum Gasteiger partial charge on any atom is -0.480 e. The van der Waals surface area contributed by atoms with Gasteiger partial charge >= 0.3 is 5.97 Å². The molecule has 10 heteroatoms. The Hall–Kier alpha value is -2.20. The lowest BCUT2D eigenvalue weighted by molar-refractivity contribution is -0.144. The predicted octanol–water partition coefficient (Wildman–Crippen LogP) is -0.408. The van der Waals surface area contributed by atoms with Crippen LogP contribution < -0.4 is 21.7 Å². The summed E-state index contributed by atoms with van der Waals surface area (Å²) in [6.07, 6.45) is -0.535. The zero-order valence-corrected chi connectivity index (χ0v) is 18.9. The number of hydrogen-bond acceptors (Lipinski definition) is 6. The van der Waals surface area contributed by atoms with Crippen molar-refractivity contribution in [3.05, 3.63) is 0 Å². The van der Waals surface area contributed by atoms with Crippen molar-refractivity contribution in [2.24, 2.45) is 23.5 Å². The molecule has 0 aromatic rings. The van der Waals surface area contributed by atoms with Gasteiger partial charge in [0.15, 0.2) is 0 Å². The molecule has 6 atom stereocenters. The number of hydrogen-bond donors (Lipinski definition) is 6. The van der Waals surface area contributed by atoms with Gasteiger partial charge in [-0.3, -0.25) is 14.4 Å². The minimum absolute atomic E-state index is 0.279. The zero-order valence-electron chi connectivity index (χ0n) is 18.9. The van der Waals surface area contributed by atoms with Crippen LogP contribution in [-0.4, -0.2) is 64.2 Å². The smallest absolute Gasteiger partial charge is 0.326 e. The number of nitrogens with one attached hydrogen (secondary N) is 3. The van der Waals surface area contributed by atoms with E-state index in [2.05, 4.69) is 16.0 Å². The molecule has 0 aliphatic rings. The summed E-state index contributed by atoms with van der Waals surface area (Å²) in [6, 6.07) is -4.26. The van der Waals surface area contributed by atoms with Gasteiger partial charge in [0, 0.05) is 0 Å². The normalized spacial score (nSPS) is 17.4. The van der Waals surface area contributed by atoms with E-state index in [1.165, 1.54) is 6.92 Å². The highest BCUT2D eigenvalue weighted by Gasteiger charge is 2.34. The molecule has 0 saturated heterocycles. The van der Waals surface area contributed by atoms with Crippen molar-refractivity contribution in [2.45, 2.75) is 85.2 Å². The highest BCUT2D eigenvalue weighted by molar-refractivity contribution is 5.94. The van der Waals surface area contributed by atoms with Crippen LogP contribution in [0.3, 0.4) is 0 Å². The monoisotopic (exact) mass is 430 g/mol. The molecule has 10 nitrogen and oxygen atoms in total. The molecule has 30 heavy (non-hydrogen) atoms. The van der Waals surface area contributed by atoms with Crippen molar-refractivity contribution in [2.75, 3.05) is 0 Å². The first kappa shape index (κ1) is 27.8. The Morgan fingerprint density at radius 2 is 1.17 bits per heavy atom. The summed E-state index contributed by atoms with van der Waals surface area (Å²) in [5.41, 5.74) is 5.63. The van der Waals surface area contributed by atoms with E-state index in [1.54, 1.807) is 34.6 Å². The van der Waals surface area contributed by atoms with Crippen molar-refractivity contribution in [3.63, 3.8) is 0 Å². The summed E-state index contributed by atoms with van der Waals surface area (Å²) < 4.78 is 0. The molecule has 7 N–H and O–H groups in total. The summed E-state index contributed by atoms with van der Waals surface area (Å²) in [7, 11) is 0. The van der Waals surface area contributed by atoms with Crippen LogP contribution in [0.5, 0.6) is 0 Å². The summed E-state index contributed by atoms with van der Waals surface area (Å²) in [4.78, 5) is 49.3. The number of carbonyl (C=O) groups excluding carboxylic acids is 3. The van der Waals surface area contributed by atoms with E-state index < -0.39 is 54.0 Å². The van der Waals surface area contributed by atoms with Gasteiger partial charge in [-0.1, -0.05) is 48.0 Å². The summed E-state index contributed by atoms with van der Waals surface area (Å²) in [5.74, 6) is -3.98. The van der Waals surface area contributed by atoms with Crippen molar-refractivity contribution < 1.29 is 29.4 Å². The van der Waals surface area contributed by atoms with Crippen LogP contribution in [0.4, 0.5) is 0 Å². The van der Waals surface area contributed by atoms with Gasteiger partial charge in [0.1, 0.15) is 24.2 Å². The first-order chi connectivity index (χ1) is 13.7. The maximum Gasteiger partial charge on any atom is 0.326 e. The van der Waals surface area contributed by atoms with E-state index in [0.29, 0.717) is 6.42 Å². The zero-order chi connectivity index (χ0) is 23.8. The number of rotatable bonds is 12. The topological polar surface area (TPSA) is 171 Å². The molecule has 6 unspecified atom stereocenters. The van der Waals surface area contributed by atoms with E-state index in [0.717, 1.165) is 0 Å². The number of aliphatic hydroxyl groups is 1. The first-order valence-electron chi connectivity index (χ1n) is 10.3. The average Bonchev–Trinajstić information content (AvgIpc) is 2.65. The van der Waals surface area contributed by atoms with Crippen LogP contribution in [0.25, 0.3) is 0 Å². The molecule has 174 valence electrons. The third-order valence-corrected chi connectivity index (χ3v) is 5.09. The van der Waals surface area contributed by atoms with E-state index in [4.69, 9.17) is 5.73 Å². The highest BCUT2D eigenvalue weighted by atomic mass is 16.4. The maximum atomic E-state index is 12.9. The Morgan fingerprint density at radius 3 is 1.53 bits per heavy atom. The van der Waals surface area contributed by atoms with Crippen molar-refractivity contribution in [1.82, 2.24) is 16.0 Å². The molecule has 0 spiro atoms. The van der Waals surface area contributed by atoms with Gasteiger partial charge in [0.25, 0.3) is 0 Å². The van der Waals surface area contributed by atoms with E-state index >= 15 is 0 Å². The predicted molar refractivity (Wildman–Crippen MR) is 112 cm³/mol. The summed E-state index contributed by atoms with van der Waals surface area (Å²) >= 11 is 0. The van der Waals surface area contributed by atoms with E-state index in [-0.39, 0.29) is 17.8 Å². The number of carboxylic acids is 1. The Kier molecular flexibility index (Phi) is 11.6. The van der Waals surface area contributed by atoms with Gasteiger partial charge in [-0.2, -0.15) is 0 Å². The molecule has 0 aliphatic heterocycles. The lowest BCUT2D eigenvalue weighted by Gasteiger charge is -2.30. The number of carboxylic acid groups (broad SMARTS) is 1. The molecule has 0 saturated carbocycles. The van der Waals surface area contributed by atoms with Gasteiger partial charge in [-0.05, 0) is 24.7 Å². The number of aliphatic hydroxyl groups excluding tert-OH is 1. The number of aliphatic carboxylic acids is 1. The number of nitrogens with two attached hydrogens (primary N) is 1. The fourth-order valence-corrected chi connectivity index (χ4v) is 2.71. The van der Waals surface area contributed by atoms with Gasteiger partial charge in [-0.15, -0.1) is 0 Å². The molecule has 0 aromatic heterocycles. The van der Waals surface area contributed by atoms with Crippen LogP contribution in [0, 0.1) is 17.8 Å². The van der Waals surface area contributed by atoms with Crippen LogP contribution in [0.2, 0.25) is 0 Å².